The van der Waals surface area contributed by atoms with Crippen LogP contribution in [0.15, 0.2) is 30.3 Å². The highest BCUT2D eigenvalue weighted by molar-refractivity contribution is 5.84. The Morgan fingerprint density at radius 1 is 1.37 bits per heavy atom. The summed E-state index contributed by atoms with van der Waals surface area (Å²) in [6.07, 6.45) is 2.44. The molecule has 0 saturated carbocycles. The molecule has 1 aromatic carbocycles. The summed E-state index contributed by atoms with van der Waals surface area (Å²) in [5, 5.41) is 6.74. The van der Waals surface area contributed by atoms with Gasteiger partial charge in [0.05, 0.1) is 0 Å². The molecule has 0 spiro atoms. The van der Waals surface area contributed by atoms with Crippen molar-refractivity contribution >= 4 is 5.91 Å². The van der Waals surface area contributed by atoms with E-state index in [9.17, 15) is 4.79 Å². The zero-order chi connectivity index (χ0) is 13.7. The average molecular weight is 261 g/mol. The first kappa shape index (κ1) is 14.0. The normalized spacial score (nSPS) is 19.8. The molecule has 0 bridgehead atoms. The molecule has 1 aliphatic rings. The number of nitrogens with two attached hydrogens (primary N) is 1. The first-order chi connectivity index (χ1) is 9.12. The minimum Gasteiger partial charge on any atom is -0.368 e. The largest absolute Gasteiger partial charge is 0.368 e. The number of benzene rings is 1. The quantitative estimate of drug-likeness (QED) is 0.735. The molecule has 1 aliphatic heterocycles. The molecule has 104 valence electrons. The van der Waals surface area contributed by atoms with E-state index in [4.69, 9.17) is 5.73 Å². The number of rotatable bonds is 5. The Kier molecular flexibility index (Phi) is 4.56. The van der Waals surface area contributed by atoms with Crippen molar-refractivity contribution in [3.63, 3.8) is 0 Å². The van der Waals surface area contributed by atoms with Gasteiger partial charge < -0.3 is 16.4 Å². The van der Waals surface area contributed by atoms with Crippen LogP contribution < -0.4 is 16.4 Å². The van der Waals surface area contributed by atoms with Crippen LogP contribution in [-0.4, -0.2) is 30.6 Å². The van der Waals surface area contributed by atoms with Crippen molar-refractivity contribution in [1.29, 1.82) is 0 Å². The minimum absolute atomic E-state index is 0.228. The van der Waals surface area contributed by atoms with E-state index in [0.717, 1.165) is 32.4 Å². The van der Waals surface area contributed by atoms with E-state index in [-0.39, 0.29) is 11.9 Å². The molecule has 1 amide bonds. The number of primary amides is 1. The summed E-state index contributed by atoms with van der Waals surface area (Å²) >= 11 is 0. The summed E-state index contributed by atoms with van der Waals surface area (Å²) in [7, 11) is 0. The number of hydrogen-bond acceptors (Lipinski definition) is 3. The molecular weight excluding hydrogens is 238 g/mol. The molecule has 1 saturated heterocycles. The number of carbonyl (C=O) groups excluding carboxylic acids is 1. The highest BCUT2D eigenvalue weighted by Gasteiger charge is 2.38. The highest BCUT2D eigenvalue weighted by Crippen LogP contribution is 2.19. The molecule has 1 fully saturated rings. The van der Waals surface area contributed by atoms with Crippen LogP contribution in [0.3, 0.4) is 0 Å². The monoisotopic (exact) mass is 261 g/mol. The van der Waals surface area contributed by atoms with Gasteiger partial charge in [0.15, 0.2) is 0 Å². The molecule has 0 radical (unpaired) electrons. The number of carbonyl (C=O) groups is 1. The Balaban J connectivity index is 1.99. The molecular formula is C15H23N3O. The van der Waals surface area contributed by atoms with Gasteiger partial charge in [-0.1, -0.05) is 30.3 Å². The van der Waals surface area contributed by atoms with E-state index in [0.29, 0.717) is 0 Å². The maximum absolute atomic E-state index is 11.8. The molecule has 4 N–H and O–H groups in total. The molecule has 19 heavy (non-hydrogen) atoms. The van der Waals surface area contributed by atoms with Gasteiger partial charge in [0.1, 0.15) is 5.54 Å². The molecule has 2 rings (SSSR count). The van der Waals surface area contributed by atoms with E-state index >= 15 is 0 Å². The van der Waals surface area contributed by atoms with Crippen molar-refractivity contribution in [3.05, 3.63) is 35.9 Å². The van der Waals surface area contributed by atoms with Crippen molar-refractivity contribution in [2.45, 2.75) is 37.8 Å². The fraction of sp³-hybridized carbons (Fsp3) is 0.533. The summed E-state index contributed by atoms with van der Waals surface area (Å²) in [4.78, 5) is 11.8. The van der Waals surface area contributed by atoms with E-state index in [2.05, 4.69) is 29.7 Å². The maximum atomic E-state index is 11.8. The van der Waals surface area contributed by atoms with Crippen LogP contribution in [0.25, 0.3) is 0 Å². The lowest BCUT2D eigenvalue weighted by Crippen LogP contribution is -2.62. The van der Waals surface area contributed by atoms with E-state index < -0.39 is 5.54 Å². The van der Waals surface area contributed by atoms with Gasteiger partial charge in [-0.3, -0.25) is 4.79 Å². The Labute approximate surface area is 114 Å². The number of amides is 1. The smallest absolute Gasteiger partial charge is 0.237 e. The second-order valence-electron chi connectivity index (χ2n) is 5.43. The molecule has 0 aromatic heterocycles. The Morgan fingerprint density at radius 2 is 2.00 bits per heavy atom. The average Bonchev–Trinajstić information content (AvgIpc) is 2.40. The van der Waals surface area contributed by atoms with Gasteiger partial charge in [-0.2, -0.15) is 0 Å². The van der Waals surface area contributed by atoms with Crippen LogP contribution in [0.5, 0.6) is 0 Å². The van der Waals surface area contributed by atoms with Crippen LogP contribution in [-0.2, 0) is 11.2 Å². The first-order valence-electron chi connectivity index (χ1n) is 6.95. The second kappa shape index (κ2) is 6.17. The molecule has 1 atom stereocenters. The molecule has 4 heteroatoms. The van der Waals surface area contributed by atoms with Crippen LogP contribution in [0, 0.1) is 0 Å². The van der Waals surface area contributed by atoms with E-state index in [1.165, 1.54) is 5.56 Å². The van der Waals surface area contributed by atoms with Crippen LogP contribution in [0.4, 0.5) is 0 Å². The van der Waals surface area contributed by atoms with Gasteiger partial charge in [0.25, 0.3) is 0 Å². The van der Waals surface area contributed by atoms with E-state index in [1.807, 2.05) is 18.2 Å². The third kappa shape index (κ3) is 3.55. The van der Waals surface area contributed by atoms with Crippen LogP contribution in [0.2, 0.25) is 0 Å². The second-order valence-corrected chi connectivity index (χ2v) is 5.43. The zero-order valence-electron chi connectivity index (χ0n) is 11.5. The molecule has 1 heterocycles. The van der Waals surface area contributed by atoms with Crippen molar-refractivity contribution in [3.8, 4) is 0 Å². The van der Waals surface area contributed by atoms with Crippen molar-refractivity contribution in [2.24, 2.45) is 5.73 Å². The lowest BCUT2D eigenvalue weighted by atomic mass is 9.86. The van der Waals surface area contributed by atoms with Gasteiger partial charge in [-0.15, -0.1) is 0 Å². The standard InChI is InChI=1S/C15H23N3O/c1-12(11-13-5-3-2-4-6-13)18-15(14(16)19)7-9-17-10-8-15/h2-6,12,17-18H,7-11H2,1H3,(H2,16,19). The Bertz CT molecular complexity index is 413. The topological polar surface area (TPSA) is 67.1 Å². The molecule has 4 nitrogen and oxygen atoms in total. The fourth-order valence-corrected chi connectivity index (χ4v) is 2.81. The van der Waals surface area contributed by atoms with E-state index in [1.54, 1.807) is 0 Å². The predicted molar refractivity (Wildman–Crippen MR) is 76.8 cm³/mol. The maximum Gasteiger partial charge on any atom is 0.237 e. The summed E-state index contributed by atoms with van der Waals surface area (Å²) in [5.74, 6) is -0.228. The minimum atomic E-state index is -0.542. The summed E-state index contributed by atoms with van der Waals surface area (Å²) in [6, 6.07) is 10.5. The van der Waals surface area contributed by atoms with Crippen LogP contribution in [0.1, 0.15) is 25.3 Å². The van der Waals surface area contributed by atoms with Gasteiger partial charge in [-0.25, -0.2) is 0 Å². The lowest BCUT2D eigenvalue weighted by Gasteiger charge is -2.38. The summed E-state index contributed by atoms with van der Waals surface area (Å²) in [6.45, 7) is 3.79. The zero-order valence-corrected chi connectivity index (χ0v) is 11.5. The predicted octanol–water partition coefficient (Wildman–Crippen LogP) is 0.815. The highest BCUT2D eigenvalue weighted by atomic mass is 16.1. The number of hydrogen-bond donors (Lipinski definition) is 3. The van der Waals surface area contributed by atoms with Crippen LogP contribution >= 0.6 is 0 Å². The Hall–Kier alpha value is -1.39. The van der Waals surface area contributed by atoms with Gasteiger partial charge in [-0.05, 0) is 44.8 Å². The Morgan fingerprint density at radius 3 is 2.58 bits per heavy atom. The molecule has 0 aliphatic carbocycles. The molecule has 1 unspecified atom stereocenters. The lowest BCUT2D eigenvalue weighted by molar-refractivity contribution is -0.125. The number of nitrogens with one attached hydrogen (secondary N) is 2. The SMILES string of the molecule is CC(Cc1ccccc1)NC1(C(N)=O)CCNCC1. The molecule has 1 aromatic rings. The van der Waals surface area contributed by atoms with Crippen molar-refractivity contribution in [2.75, 3.05) is 13.1 Å². The third-order valence-electron chi connectivity index (χ3n) is 3.84. The third-order valence-corrected chi connectivity index (χ3v) is 3.84. The first-order valence-corrected chi connectivity index (χ1v) is 6.95. The van der Waals surface area contributed by atoms with Gasteiger partial charge in [0.2, 0.25) is 5.91 Å². The summed E-state index contributed by atoms with van der Waals surface area (Å²) in [5.41, 5.74) is 6.35. The van der Waals surface area contributed by atoms with Crippen molar-refractivity contribution in [1.82, 2.24) is 10.6 Å². The fourth-order valence-electron chi connectivity index (χ4n) is 2.81. The summed E-state index contributed by atoms with van der Waals surface area (Å²) < 4.78 is 0. The van der Waals surface area contributed by atoms with Crippen molar-refractivity contribution < 1.29 is 4.79 Å². The number of piperidine rings is 1. The van der Waals surface area contributed by atoms with Gasteiger partial charge >= 0.3 is 0 Å². The van der Waals surface area contributed by atoms with Gasteiger partial charge in [0, 0.05) is 6.04 Å².